The first-order valence-corrected chi connectivity index (χ1v) is 13.2. The molecule has 0 fully saturated rings. The minimum Gasteiger partial charge on any atom is -0.493 e. The Bertz CT molecular complexity index is 1670. The number of ketones is 1. The molecule has 8 nitrogen and oxygen atoms in total. The minimum absolute atomic E-state index is 0.0850. The summed E-state index contributed by atoms with van der Waals surface area (Å²) in [7, 11) is 0. The fourth-order valence-corrected chi connectivity index (χ4v) is 4.56. The lowest BCUT2D eigenvalue weighted by atomic mass is 10.1. The van der Waals surface area contributed by atoms with Crippen molar-refractivity contribution in [2.45, 2.75) is 33.6 Å². The van der Waals surface area contributed by atoms with E-state index in [4.69, 9.17) is 4.74 Å². The molecule has 5 aromatic rings. The van der Waals surface area contributed by atoms with E-state index in [1.807, 2.05) is 92.7 Å². The maximum absolute atomic E-state index is 13.1. The second-order valence-corrected chi connectivity index (χ2v) is 9.79. The Morgan fingerprint density at radius 2 is 1.68 bits per heavy atom. The molecule has 0 bridgehead atoms. The van der Waals surface area contributed by atoms with Crippen molar-refractivity contribution in [1.29, 1.82) is 0 Å². The highest BCUT2D eigenvalue weighted by Crippen LogP contribution is 2.32. The smallest absolute Gasteiger partial charge is 0.324 e. The van der Waals surface area contributed by atoms with Crippen LogP contribution in [0, 0.1) is 13.8 Å². The molecule has 0 radical (unpaired) electrons. The van der Waals surface area contributed by atoms with Gasteiger partial charge in [-0.2, -0.15) is 5.10 Å². The van der Waals surface area contributed by atoms with E-state index in [1.54, 1.807) is 17.8 Å². The second kappa shape index (κ2) is 11.8. The molecule has 0 saturated carbocycles. The lowest BCUT2D eigenvalue weighted by Crippen LogP contribution is -2.21. The first-order valence-electron chi connectivity index (χ1n) is 13.2. The Kier molecular flexibility index (Phi) is 7.87. The van der Waals surface area contributed by atoms with Gasteiger partial charge in [0, 0.05) is 41.6 Å². The van der Waals surface area contributed by atoms with E-state index in [0.29, 0.717) is 31.0 Å². The van der Waals surface area contributed by atoms with E-state index in [9.17, 15) is 9.59 Å². The van der Waals surface area contributed by atoms with Gasteiger partial charge in [-0.1, -0.05) is 42.0 Å². The highest BCUT2D eigenvalue weighted by atomic mass is 16.5. The second-order valence-electron chi connectivity index (χ2n) is 9.79. The van der Waals surface area contributed by atoms with Gasteiger partial charge in [0.15, 0.2) is 0 Å². The third kappa shape index (κ3) is 6.35. The molecule has 0 spiro atoms. The van der Waals surface area contributed by atoms with E-state index < -0.39 is 0 Å². The Morgan fingerprint density at radius 3 is 2.45 bits per heavy atom. The number of rotatable bonds is 9. The summed E-state index contributed by atoms with van der Waals surface area (Å²) in [6.45, 7) is 5.94. The van der Waals surface area contributed by atoms with Crippen molar-refractivity contribution in [2.24, 2.45) is 0 Å². The summed E-state index contributed by atoms with van der Waals surface area (Å²) < 4.78 is 7.87. The van der Waals surface area contributed by atoms with Crippen molar-refractivity contribution < 1.29 is 14.3 Å². The number of nitrogens with one attached hydrogen (secondary N) is 2. The van der Waals surface area contributed by atoms with Gasteiger partial charge in [0.05, 0.1) is 23.7 Å². The number of benzene rings is 3. The summed E-state index contributed by atoms with van der Waals surface area (Å²) in [6.07, 6.45) is 2.73. The number of amides is 2. The number of fused-ring (bicyclic) bond motifs is 1. The predicted molar refractivity (Wildman–Crippen MR) is 157 cm³/mol. The molecule has 2 N–H and O–H groups in total. The molecular formula is C32H31N5O3. The zero-order valence-electron chi connectivity index (χ0n) is 22.8. The number of aromatic nitrogens is 3. The highest BCUT2D eigenvalue weighted by molar-refractivity contribution is 6.07. The summed E-state index contributed by atoms with van der Waals surface area (Å²) in [4.78, 5) is 28.7. The van der Waals surface area contributed by atoms with Gasteiger partial charge in [0.1, 0.15) is 17.4 Å². The molecule has 0 atom stereocenters. The van der Waals surface area contributed by atoms with E-state index in [1.165, 1.54) is 0 Å². The normalized spacial score (nSPS) is 10.9. The largest absolute Gasteiger partial charge is 0.493 e. The summed E-state index contributed by atoms with van der Waals surface area (Å²) >= 11 is 0. The third-order valence-electron chi connectivity index (χ3n) is 6.44. The van der Waals surface area contributed by atoms with Crippen molar-refractivity contribution in [3.05, 3.63) is 108 Å². The van der Waals surface area contributed by atoms with Crippen LogP contribution >= 0.6 is 0 Å². The topological polar surface area (TPSA) is 98.1 Å². The summed E-state index contributed by atoms with van der Waals surface area (Å²) in [6, 6.07) is 24.8. The molecule has 8 heteroatoms. The molecule has 0 saturated heterocycles. The van der Waals surface area contributed by atoms with Crippen LogP contribution in [-0.4, -0.2) is 33.2 Å². The number of pyridine rings is 1. The van der Waals surface area contributed by atoms with Gasteiger partial charge in [0.2, 0.25) is 0 Å². The van der Waals surface area contributed by atoms with Crippen LogP contribution in [0.5, 0.6) is 5.75 Å². The summed E-state index contributed by atoms with van der Waals surface area (Å²) in [5.41, 5.74) is 5.30. The standard InChI is InChI=1S/C32H31N5O3/c1-21-8-10-26(11-9-21)37-31(18-22(2)36-37)35-32(39)34-29-12-13-30(28-7-5-4-6-27(28)29)40-17-15-24-14-16-33-25(20-24)19-23(3)38/h4-14,16,18,20H,15,17,19H2,1-3H3,(H2,34,35,39). The molecule has 2 amide bonds. The average molecular weight is 534 g/mol. The third-order valence-corrected chi connectivity index (χ3v) is 6.44. The highest BCUT2D eigenvalue weighted by Gasteiger charge is 2.14. The quantitative estimate of drug-likeness (QED) is 0.227. The van der Waals surface area contributed by atoms with Gasteiger partial charge in [-0.05, 0) is 62.7 Å². The van der Waals surface area contributed by atoms with Gasteiger partial charge in [-0.25, -0.2) is 9.48 Å². The molecule has 0 aliphatic heterocycles. The van der Waals surface area contributed by atoms with Crippen molar-refractivity contribution in [3.63, 3.8) is 0 Å². The molecule has 2 heterocycles. The number of carbonyl (C=O) groups excluding carboxylic acids is 2. The van der Waals surface area contributed by atoms with Crippen molar-refractivity contribution in [3.8, 4) is 11.4 Å². The maximum atomic E-state index is 13.1. The average Bonchev–Trinajstić information content (AvgIpc) is 3.29. The number of anilines is 2. The van der Waals surface area contributed by atoms with Crippen LogP contribution < -0.4 is 15.4 Å². The van der Waals surface area contributed by atoms with Gasteiger partial charge in [-0.3, -0.25) is 15.1 Å². The van der Waals surface area contributed by atoms with Gasteiger partial charge >= 0.3 is 6.03 Å². The van der Waals surface area contributed by atoms with E-state index >= 15 is 0 Å². The van der Waals surface area contributed by atoms with Crippen LogP contribution in [0.4, 0.5) is 16.3 Å². The SMILES string of the molecule is CC(=O)Cc1cc(CCOc2ccc(NC(=O)Nc3cc(C)nn3-c3ccc(C)cc3)c3ccccc23)ccn1. The van der Waals surface area contributed by atoms with Crippen molar-refractivity contribution >= 4 is 34.1 Å². The Hall–Kier alpha value is -4.98. The molecule has 3 aromatic carbocycles. The van der Waals surface area contributed by atoms with Crippen LogP contribution in [0.1, 0.15) is 29.4 Å². The number of hydrogen-bond donors (Lipinski definition) is 2. The van der Waals surface area contributed by atoms with Crippen molar-refractivity contribution in [2.75, 3.05) is 17.2 Å². The number of nitrogens with zero attached hydrogens (tertiary/aromatic N) is 3. The zero-order valence-corrected chi connectivity index (χ0v) is 22.8. The van der Waals surface area contributed by atoms with Crippen LogP contribution in [0.15, 0.2) is 85.1 Å². The summed E-state index contributed by atoms with van der Waals surface area (Å²) in [5, 5.41) is 12.2. The monoisotopic (exact) mass is 533 g/mol. The van der Waals surface area contributed by atoms with Crippen molar-refractivity contribution in [1.82, 2.24) is 14.8 Å². The first kappa shape index (κ1) is 26.6. The predicted octanol–water partition coefficient (Wildman–Crippen LogP) is 6.43. The number of Topliss-reactive ketones (excluding diaryl/α,β-unsaturated/α-hetero) is 1. The molecule has 0 aliphatic rings. The van der Waals surface area contributed by atoms with Crippen LogP contribution in [-0.2, 0) is 17.6 Å². The van der Waals surface area contributed by atoms with Gasteiger partial charge < -0.3 is 10.1 Å². The van der Waals surface area contributed by atoms with E-state index in [2.05, 4.69) is 20.7 Å². The lowest BCUT2D eigenvalue weighted by molar-refractivity contribution is -0.116. The van der Waals surface area contributed by atoms with Crippen LogP contribution in [0.3, 0.4) is 0 Å². The molecule has 202 valence electrons. The lowest BCUT2D eigenvalue weighted by Gasteiger charge is -2.14. The molecule has 5 rings (SSSR count). The number of urea groups is 1. The number of aryl methyl sites for hydroxylation is 2. The number of hydrogen-bond acceptors (Lipinski definition) is 5. The maximum Gasteiger partial charge on any atom is 0.324 e. The Labute approximate surface area is 233 Å². The molecule has 0 aliphatic carbocycles. The van der Waals surface area contributed by atoms with E-state index in [-0.39, 0.29) is 11.8 Å². The fourth-order valence-electron chi connectivity index (χ4n) is 4.56. The van der Waals surface area contributed by atoms with E-state index in [0.717, 1.165) is 44.7 Å². The number of carbonyl (C=O) groups is 2. The molecule has 2 aromatic heterocycles. The Morgan fingerprint density at radius 1 is 0.900 bits per heavy atom. The Balaban J connectivity index is 1.28. The van der Waals surface area contributed by atoms with Gasteiger partial charge in [0.25, 0.3) is 0 Å². The minimum atomic E-state index is -0.369. The van der Waals surface area contributed by atoms with Gasteiger partial charge in [-0.15, -0.1) is 0 Å². The number of ether oxygens (including phenoxy) is 1. The fraction of sp³-hybridized carbons (Fsp3) is 0.188. The zero-order chi connectivity index (χ0) is 28.1. The molecular weight excluding hydrogens is 502 g/mol. The first-order chi connectivity index (χ1) is 19.4. The molecule has 0 unspecified atom stereocenters. The summed E-state index contributed by atoms with van der Waals surface area (Å²) in [5.74, 6) is 1.39. The van der Waals surface area contributed by atoms with Crippen LogP contribution in [0.25, 0.3) is 16.5 Å². The molecule has 40 heavy (non-hydrogen) atoms. The van der Waals surface area contributed by atoms with Crippen LogP contribution in [0.2, 0.25) is 0 Å².